The molecule has 12 heteroatoms. The number of nitrogens with zero attached hydrogens (tertiary/aromatic N) is 5. The van der Waals surface area contributed by atoms with Gasteiger partial charge in [0, 0.05) is 49.9 Å². The van der Waals surface area contributed by atoms with Crippen LogP contribution < -0.4 is 14.4 Å². The molecule has 0 amide bonds. The molecule has 1 saturated carbocycles. The number of ether oxygens (including phenoxy) is 3. The first-order chi connectivity index (χ1) is 25.6. The van der Waals surface area contributed by atoms with Crippen molar-refractivity contribution >= 4 is 27.5 Å². The zero-order valence-corrected chi connectivity index (χ0v) is 31.1. The Kier molecular flexibility index (Phi) is 9.82. The molecule has 284 valence electrons. The fourth-order valence-corrected chi connectivity index (χ4v) is 9.86. The summed E-state index contributed by atoms with van der Waals surface area (Å²) < 4.78 is 50.6. The first-order valence-electron chi connectivity index (χ1n) is 19.4. The van der Waals surface area contributed by atoms with Gasteiger partial charge in [0.25, 0.3) is 0 Å². The van der Waals surface area contributed by atoms with Gasteiger partial charge in [-0.1, -0.05) is 19.4 Å². The van der Waals surface area contributed by atoms with Gasteiger partial charge in [-0.05, 0) is 112 Å². The van der Waals surface area contributed by atoms with Crippen LogP contribution in [0.25, 0.3) is 32.9 Å². The maximum absolute atomic E-state index is 17.3. The van der Waals surface area contributed by atoms with Crippen molar-refractivity contribution in [1.82, 2.24) is 19.9 Å². The van der Waals surface area contributed by atoms with E-state index >= 15 is 8.78 Å². The Hall–Kier alpha value is -3.87. The van der Waals surface area contributed by atoms with Crippen LogP contribution in [0.1, 0.15) is 77.2 Å². The fraction of sp³-hybridized carbons (Fsp3) is 0.585. The highest BCUT2D eigenvalue weighted by molar-refractivity contribution is 6.03. The molecule has 0 radical (unpaired) electrons. The van der Waals surface area contributed by atoms with Gasteiger partial charge in [-0.15, -0.1) is 0 Å². The van der Waals surface area contributed by atoms with Gasteiger partial charge in [0.2, 0.25) is 5.88 Å². The number of hydrogen-bond donors (Lipinski definition) is 2. The number of aromatic hydroxyl groups is 1. The summed E-state index contributed by atoms with van der Waals surface area (Å²) in [4.78, 5) is 19.0. The number of methoxy groups -OCH3 is 1. The number of piperidine rings is 2. The zero-order chi connectivity index (χ0) is 36.9. The van der Waals surface area contributed by atoms with Crippen molar-refractivity contribution in [3.63, 3.8) is 0 Å². The standard InChI is InChI=1S/C41H51F2N5O5/c1-4-28-30(42)10-9-26-20-27(49)21-29(32(26)28)35-34(43)36-33(38(44-35)51-3)37(48-17-6-13-40(2,50)23-48)46-39(45-36)53-24-41-14-5-8-31(41)47(16-7-15-41)22-25-11-18-52-19-12-25/h9-10,20-21,25,31,49-50H,4-8,11-19,22-24H2,1-3H3. The second kappa shape index (κ2) is 14.4. The van der Waals surface area contributed by atoms with E-state index in [0.717, 1.165) is 71.2 Å². The minimum Gasteiger partial charge on any atom is -0.508 e. The number of phenols is 1. The van der Waals surface area contributed by atoms with E-state index in [1.54, 1.807) is 13.0 Å². The minimum absolute atomic E-state index is 0.0479. The zero-order valence-electron chi connectivity index (χ0n) is 31.1. The highest BCUT2D eigenvalue weighted by Gasteiger charge is 2.49. The van der Waals surface area contributed by atoms with Crippen LogP contribution in [-0.4, -0.2) is 94.8 Å². The molecule has 4 fully saturated rings. The molecular formula is C41H51F2N5O5. The van der Waals surface area contributed by atoms with E-state index in [9.17, 15) is 10.2 Å². The van der Waals surface area contributed by atoms with E-state index in [-0.39, 0.29) is 51.8 Å². The van der Waals surface area contributed by atoms with E-state index in [1.807, 2.05) is 11.8 Å². The number of aliphatic hydroxyl groups is 1. The molecule has 4 aromatic rings. The van der Waals surface area contributed by atoms with Crippen molar-refractivity contribution in [3.05, 3.63) is 41.5 Å². The predicted octanol–water partition coefficient (Wildman–Crippen LogP) is 7.19. The molecule has 3 aliphatic heterocycles. The summed E-state index contributed by atoms with van der Waals surface area (Å²) in [6, 6.07) is 6.33. The number of hydrogen-bond acceptors (Lipinski definition) is 10. The molecule has 3 unspecified atom stereocenters. The Morgan fingerprint density at radius 2 is 1.77 bits per heavy atom. The molecular weight excluding hydrogens is 680 g/mol. The number of fused-ring (bicyclic) bond motifs is 3. The van der Waals surface area contributed by atoms with Crippen molar-refractivity contribution < 1.29 is 33.2 Å². The minimum atomic E-state index is -0.983. The van der Waals surface area contributed by atoms with E-state index in [1.165, 1.54) is 25.3 Å². The smallest absolute Gasteiger partial charge is 0.319 e. The molecule has 2 aromatic carbocycles. The number of β-amino-alcohol motifs (C(OH)–C–C–N with tert-alkyl or cyclic N) is 1. The van der Waals surface area contributed by atoms with Crippen LogP contribution in [0, 0.1) is 23.0 Å². The molecule has 8 rings (SSSR count). The SMILES string of the molecule is CCc1c(F)ccc2cc(O)cc(-c3nc(OC)c4c(N5CCCC(C)(O)C5)nc(OCC56CCCC5N(CC5CCOCC5)CCC6)nc4c3F)c12. The van der Waals surface area contributed by atoms with E-state index in [2.05, 4.69) is 9.88 Å². The van der Waals surface area contributed by atoms with Crippen LogP contribution in [0.5, 0.6) is 17.6 Å². The number of anilines is 1. The summed E-state index contributed by atoms with van der Waals surface area (Å²) >= 11 is 0. The number of aryl methyl sites for hydroxylation is 1. The van der Waals surface area contributed by atoms with Gasteiger partial charge >= 0.3 is 6.01 Å². The second-order valence-corrected chi connectivity index (χ2v) is 16.0. The molecule has 2 N–H and O–H groups in total. The van der Waals surface area contributed by atoms with Crippen molar-refractivity contribution in [2.75, 3.05) is 58.0 Å². The first kappa shape index (κ1) is 36.1. The largest absolute Gasteiger partial charge is 0.508 e. The Morgan fingerprint density at radius 3 is 2.55 bits per heavy atom. The summed E-state index contributed by atoms with van der Waals surface area (Å²) in [6.07, 6.45) is 9.33. The number of aromatic nitrogens is 3. The number of benzene rings is 2. The van der Waals surface area contributed by atoms with E-state index in [0.29, 0.717) is 66.5 Å². The summed E-state index contributed by atoms with van der Waals surface area (Å²) in [7, 11) is 1.45. The lowest BCUT2D eigenvalue weighted by Gasteiger charge is -2.47. The average Bonchev–Trinajstić information content (AvgIpc) is 3.59. The lowest BCUT2D eigenvalue weighted by molar-refractivity contribution is -0.0203. The molecule has 10 nitrogen and oxygen atoms in total. The molecule has 5 heterocycles. The van der Waals surface area contributed by atoms with Gasteiger partial charge in [0.05, 0.1) is 19.3 Å². The Morgan fingerprint density at radius 1 is 0.981 bits per heavy atom. The van der Waals surface area contributed by atoms with Gasteiger partial charge in [-0.25, -0.2) is 13.8 Å². The molecule has 3 saturated heterocycles. The third-order valence-corrected chi connectivity index (χ3v) is 12.4. The average molecular weight is 732 g/mol. The second-order valence-electron chi connectivity index (χ2n) is 16.0. The van der Waals surface area contributed by atoms with Crippen LogP contribution in [0.15, 0.2) is 24.3 Å². The Balaban J connectivity index is 1.23. The topological polar surface area (TPSA) is 113 Å². The van der Waals surface area contributed by atoms with E-state index < -0.39 is 17.2 Å². The summed E-state index contributed by atoms with van der Waals surface area (Å²) in [5, 5.41) is 23.2. The monoisotopic (exact) mass is 731 g/mol. The first-order valence-corrected chi connectivity index (χ1v) is 19.4. The molecule has 53 heavy (non-hydrogen) atoms. The molecule has 0 spiro atoms. The third-order valence-electron chi connectivity index (χ3n) is 12.4. The summed E-state index contributed by atoms with van der Waals surface area (Å²) in [5.41, 5.74) is -0.586. The Labute approximate surface area is 309 Å². The van der Waals surface area contributed by atoms with Crippen LogP contribution >= 0.6 is 0 Å². The number of phenolic OH excluding ortho intramolecular Hbond substituents is 1. The number of rotatable bonds is 9. The quantitative estimate of drug-likeness (QED) is 0.184. The Bertz CT molecular complexity index is 2010. The van der Waals surface area contributed by atoms with Crippen LogP contribution in [-0.2, 0) is 11.2 Å². The van der Waals surface area contributed by atoms with Crippen molar-refractivity contribution in [1.29, 1.82) is 0 Å². The molecule has 2 aromatic heterocycles. The van der Waals surface area contributed by atoms with Crippen molar-refractivity contribution in [3.8, 4) is 28.9 Å². The fourth-order valence-electron chi connectivity index (χ4n) is 9.86. The number of halogens is 2. The van der Waals surface area contributed by atoms with Gasteiger partial charge in [0.15, 0.2) is 5.82 Å². The molecule has 3 atom stereocenters. The van der Waals surface area contributed by atoms with Gasteiger partial charge in [-0.2, -0.15) is 9.97 Å². The molecule has 4 aliphatic rings. The normalized spacial score (nSPS) is 25.6. The lowest BCUT2D eigenvalue weighted by atomic mass is 9.75. The number of pyridine rings is 1. The van der Waals surface area contributed by atoms with E-state index in [4.69, 9.17) is 24.2 Å². The van der Waals surface area contributed by atoms with Gasteiger partial charge in [-0.3, -0.25) is 4.90 Å². The van der Waals surface area contributed by atoms with Crippen LogP contribution in [0.3, 0.4) is 0 Å². The van der Waals surface area contributed by atoms with Crippen molar-refractivity contribution in [2.24, 2.45) is 11.3 Å². The molecule has 1 aliphatic carbocycles. The third kappa shape index (κ3) is 6.76. The molecule has 0 bridgehead atoms. The van der Waals surface area contributed by atoms with Crippen LogP contribution in [0.2, 0.25) is 0 Å². The van der Waals surface area contributed by atoms with Crippen LogP contribution in [0.4, 0.5) is 14.6 Å². The van der Waals surface area contributed by atoms with Crippen molar-refractivity contribution in [2.45, 2.75) is 89.7 Å². The number of likely N-dealkylation sites (tertiary alicyclic amines) is 1. The predicted molar refractivity (Wildman–Crippen MR) is 200 cm³/mol. The highest BCUT2D eigenvalue weighted by Crippen LogP contribution is 2.49. The lowest BCUT2D eigenvalue weighted by Crippen LogP contribution is -2.53. The maximum atomic E-state index is 17.3. The van der Waals surface area contributed by atoms with Gasteiger partial charge in [0.1, 0.15) is 34.0 Å². The summed E-state index contributed by atoms with van der Waals surface area (Å²) in [5.74, 6) is -0.174. The maximum Gasteiger partial charge on any atom is 0.319 e. The highest BCUT2D eigenvalue weighted by atomic mass is 19.1. The van der Waals surface area contributed by atoms with Gasteiger partial charge < -0.3 is 29.3 Å². The summed E-state index contributed by atoms with van der Waals surface area (Å²) in [6.45, 7) is 8.73.